The summed E-state index contributed by atoms with van der Waals surface area (Å²) in [5.41, 5.74) is 6.37. The molecule has 0 saturated carbocycles. The zero-order valence-corrected chi connectivity index (χ0v) is 30.0. The van der Waals surface area contributed by atoms with Gasteiger partial charge >= 0.3 is 5.97 Å². The molecule has 4 N–H and O–H groups in total. The number of nitrogens with zero attached hydrogens (tertiary/aromatic N) is 4. The van der Waals surface area contributed by atoms with Gasteiger partial charge in [-0.1, -0.05) is 85.3 Å². The average molecular weight is 738 g/mol. The number of carboxylic acids is 1. The molecule has 0 spiro atoms. The SMILES string of the molecule is O=C(O)CCCCCCC(=O)NCc1cccc(-c2cccc([C@H]3O[C@@H](CSc4nnnn4-c4ccc(O)cc4)C[C@@H](c4ccc(CO)cc4)O3)c2)c1. The minimum Gasteiger partial charge on any atom is -0.508 e. The van der Waals surface area contributed by atoms with E-state index in [-0.39, 0.29) is 36.9 Å². The summed E-state index contributed by atoms with van der Waals surface area (Å²) in [7, 11) is 0. The fraction of sp³-hybridized carbons (Fsp3) is 0.325. The lowest BCUT2D eigenvalue weighted by atomic mass is 9.99. The molecule has 1 saturated heterocycles. The van der Waals surface area contributed by atoms with Crippen LogP contribution in [0.1, 0.15) is 79.6 Å². The number of amides is 1. The second kappa shape index (κ2) is 18.6. The van der Waals surface area contributed by atoms with Gasteiger partial charge in [0.05, 0.1) is 24.5 Å². The number of hydrogen-bond donors (Lipinski definition) is 4. The van der Waals surface area contributed by atoms with Gasteiger partial charge in [0.15, 0.2) is 6.29 Å². The van der Waals surface area contributed by atoms with E-state index in [1.165, 1.54) is 11.8 Å². The summed E-state index contributed by atoms with van der Waals surface area (Å²) in [6, 6.07) is 30.6. The van der Waals surface area contributed by atoms with Crippen LogP contribution in [0.25, 0.3) is 16.8 Å². The van der Waals surface area contributed by atoms with Crippen molar-refractivity contribution in [1.82, 2.24) is 25.5 Å². The summed E-state index contributed by atoms with van der Waals surface area (Å²) >= 11 is 1.48. The first-order valence-corrected chi connectivity index (χ1v) is 18.7. The third-order valence-electron chi connectivity index (χ3n) is 9.00. The van der Waals surface area contributed by atoms with Crippen molar-refractivity contribution in [3.8, 4) is 22.6 Å². The zero-order valence-electron chi connectivity index (χ0n) is 29.2. The largest absolute Gasteiger partial charge is 0.508 e. The second-order valence-corrected chi connectivity index (χ2v) is 13.9. The van der Waals surface area contributed by atoms with Crippen molar-refractivity contribution in [3.63, 3.8) is 0 Å². The Kier molecular flexibility index (Phi) is 13.2. The number of thioether (sulfide) groups is 1. The quantitative estimate of drug-likeness (QED) is 0.0578. The summed E-state index contributed by atoms with van der Waals surface area (Å²) < 4.78 is 14.8. The van der Waals surface area contributed by atoms with Gasteiger partial charge in [-0.3, -0.25) is 9.59 Å². The number of rotatable bonds is 17. The van der Waals surface area contributed by atoms with Crippen LogP contribution in [0.15, 0.2) is 102 Å². The molecule has 2 heterocycles. The van der Waals surface area contributed by atoms with E-state index in [1.807, 2.05) is 60.7 Å². The van der Waals surface area contributed by atoms with E-state index < -0.39 is 12.3 Å². The number of ether oxygens (including phenoxy) is 2. The molecule has 5 aromatic rings. The van der Waals surface area contributed by atoms with Crippen molar-refractivity contribution in [2.24, 2.45) is 0 Å². The molecule has 4 aromatic carbocycles. The van der Waals surface area contributed by atoms with Crippen molar-refractivity contribution in [1.29, 1.82) is 0 Å². The minimum absolute atomic E-state index is 0.0210. The first-order chi connectivity index (χ1) is 25.8. The van der Waals surface area contributed by atoms with Crippen LogP contribution >= 0.6 is 11.8 Å². The molecule has 1 aliphatic rings. The Bertz CT molecular complexity index is 1950. The first-order valence-electron chi connectivity index (χ1n) is 17.7. The topological polar surface area (TPSA) is 169 Å². The number of unbranched alkanes of at least 4 members (excludes halogenated alkanes) is 3. The molecule has 12 nitrogen and oxygen atoms in total. The molecule has 53 heavy (non-hydrogen) atoms. The number of aromatic hydroxyl groups is 1. The van der Waals surface area contributed by atoms with Crippen LogP contribution in [0.3, 0.4) is 0 Å². The summed E-state index contributed by atoms with van der Waals surface area (Å²) in [4.78, 5) is 23.1. The van der Waals surface area contributed by atoms with E-state index in [9.17, 15) is 19.8 Å². The maximum absolute atomic E-state index is 12.5. The molecule has 6 rings (SSSR count). The predicted molar refractivity (Wildman–Crippen MR) is 199 cm³/mol. The molecule has 0 radical (unpaired) electrons. The molecule has 0 bridgehead atoms. The standard InChI is InChI=1S/C40H43N5O7S/c46-25-27-13-15-29(16-14-27)36-23-35(26-53-40-42-43-44-45(40)33-17-19-34(47)20-18-33)51-39(52-36)32-10-6-9-31(22-32)30-8-5-7-28(21-30)24-41-37(48)11-3-1-2-4-12-38(49)50/h5-10,13-22,35-36,39,46-47H,1-4,11-12,23-26H2,(H,41,48)(H,49,50)/t35-,36+,39+/m1/s1. The Morgan fingerprint density at radius 1 is 0.830 bits per heavy atom. The monoisotopic (exact) mass is 737 g/mol. The van der Waals surface area contributed by atoms with Gasteiger partial charge in [-0.25, -0.2) is 0 Å². The van der Waals surface area contributed by atoms with E-state index in [0.29, 0.717) is 36.7 Å². The number of tetrazole rings is 1. The summed E-state index contributed by atoms with van der Waals surface area (Å²) in [6.07, 6.45) is 3.05. The van der Waals surface area contributed by atoms with Gasteiger partial charge < -0.3 is 30.1 Å². The molecule has 0 unspecified atom stereocenters. The molecule has 0 aliphatic carbocycles. The molecule has 276 valence electrons. The number of phenols is 1. The van der Waals surface area contributed by atoms with Gasteiger partial charge in [0.2, 0.25) is 11.1 Å². The number of aliphatic hydroxyl groups excluding tert-OH is 1. The van der Waals surface area contributed by atoms with Crippen LogP contribution in [-0.4, -0.2) is 59.3 Å². The lowest BCUT2D eigenvalue weighted by molar-refractivity contribution is -0.245. The molecule has 1 aromatic heterocycles. The van der Waals surface area contributed by atoms with E-state index >= 15 is 0 Å². The van der Waals surface area contributed by atoms with Crippen molar-refractivity contribution in [2.45, 2.75) is 81.8 Å². The van der Waals surface area contributed by atoms with Gasteiger partial charge in [0.1, 0.15) is 5.75 Å². The molecular weight excluding hydrogens is 695 g/mol. The predicted octanol–water partition coefficient (Wildman–Crippen LogP) is 6.91. The van der Waals surface area contributed by atoms with Gasteiger partial charge in [-0.05, 0) is 87.5 Å². The van der Waals surface area contributed by atoms with Crippen LogP contribution < -0.4 is 5.32 Å². The van der Waals surface area contributed by atoms with Crippen molar-refractivity contribution in [2.75, 3.05) is 5.75 Å². The number of carbonyl (C=O) groups excluding carboxylic acids is 1. The Balaban J connectivity index is 1.13. The molecular formula is C40H43N5O7S. The normalized spacial score (nSPS) is 17.0. The summed E-state index contributed by atoms with van der Waals surface area (Å²) in [5, 5.41) is 43.9. The van der Waals surface area contributed by atoms with Crippen molar-refractivity contribution < 1.29 is 34.4 Å². The number of aliphatic carboxylic acids is 1. The highest BCUT2D eigenvalue weighted by Gasteiger charge is 2.33. The lowest BCUT2D eigenvalue weighted by Crippen LogP contribution is -2.31. The Labute approximate surface area is 312 Å². The highest BCUT2D eigenvalue weighted by Crippen LogP contribution is 2.40. The molecule has 1 amide bonds. The first kappa shape index (κ1) is 37.7. The lowest BCUT2D eigenvalue weighted by Gasteiger charge is -2.36. The number of carbonyl (C=O) groups is 2. The van der Waals surface area contributed by atoms with Gasteiger partial charge in [0, 0.05) is 37.1 Å². The number of phenolic OH excluding ortho intramolecular Hbond substituents is 1. The second-order valence-electron chi connectivity index (χ2n) is 13.0. The maximum atomic E-state index is 12.5. The van der Waals surface area contributed by atoms with E-state index in [4.69, 9.17) is 14.6 Å². The van der Waals surface area contributed by atoms with Gasteiger partial charge in [-0.15, -0.1) is 5.10 Å². The third kappa shape index (κ3) is 10.7. The fourth-order valence-corrected chi connectivity index (χ4v) is 7.05. The van der Waals surface area contributed by atoms with E-state index in [0.717, 1.165) is 58.3 Å². The van der Waals surface area contributed by atoms with Crippen LogP contribution in [0.2, 0.25) is 0 Å². The molecule has 13 heteroatoms. The highest BCUT2D eigenvalue weighted by atomic mass is 32.2. The number of aromatic nitrogens is 4. The fourth-order valence-electron chi connectivity index (χ4n) is 6.15. The molecule has 1 aliphatic heterocycles. The van der Waals surface area contributed by atoms with Crippen LogP contribution in [0, 0.1) is 0 Å². The van der Waals surface area contributed by atoms with Crippen LogP contribution in [-0.2, 0) is 32.2 Å². The van der Waals surface area contributed by atoms with Crippen LogP contribution in [0.5, 0.6) is 5.75 Å². The van der Waals surface area contributed by atoms with Gasteiger partial charge in [0.25, 0.3) is 0 Å². The Morgan fingerprint density at radius 2 is 1.57 bits per heavy atom. The smallest absolute Gasteiger partial charge is 0.303 e. The maximum Gasteiger partial charge on any atom is 0.303 e. The van der Waals surface area contributed by atoms with Gasteiger partial charge in [-0.2, -0.15) is 4.68 Å². The average Bonchev–Trinajstić information content (AvgIpc) is 3.66. The molecule has 1 fully saturated rings. The molecule has 3 atom stereocenters. The summed E-state index contributed by atoms with van der Waals surface area (Å²) in [5.74, 6) is -0.0901. The number of hydrogen-bond acceptors (Lipinski definition) is 10. The summed E-state index contributed by atoms with van der Waals surface area (Å²) in [6.45, 7) is 0.372. The zero-order chi connectivity index (χ0) is 37.0. The number of aliphatic hydroxyl groups is 1. The highest BCUT2D eigenvalue weighted by molar-refractivity contribution is 7.99. The number of benzene rings is 4. The minimum atomic E-state index is -0.786. The number of nitrogens with one attached hydrogen (secondary N) is 1. The van der Waals surface area contributed by atoms with Crippen molar-refractivity contribution >= 4 is 23.6 Å². The Hall–Kier alpha value is -5.08. The number of carboxylic acid groups (broad SMARTS) is 1. The van der Waals surface area contributed by atoms with E-state index in [2.05, 4.69) is 33.0 Å². The van der Waals surface area contributed by atoms with E-state index in [1.54, 1.807) is 28.9 Å². The van der Waals surface area contributed by atoms with Crippen molar-refractivity contribution in [3.05, 3.63) is 119 Å². The van der Waals surface area contributed by atoms with Crippen LogP contribution in [0.4, 0.5) is 0 Å². The Morgan fingerprint density at radius 3 is 2.32 bits per heavy atom. The third-order valence-corrected chi connectivity index (χ3v) is 10.1.